The van der Waals surface area contributed by atoms with Gasteiger partial charge in [0.15, 0.2) is 0 Å². The van der Waals surface area contributed by atoms with Gasteiger partial charge in [-0.25, -0.2) is 14.2 Å². The molecule has 1 heterocycles. The van der Waals surface area contributed by atoms with Crippen molar-refractivity contribution in [1.82, 2.24) is 24.7 Å². The van der Waals surface area contributed by atoms with Gasteiger partial charge in [-0.2, -0.15) is 0 Å². The second-order valence-corrected chi connectivity index (χ2v) is 7.13. The van der Waals surface area contributed by atoms with Crippen LogP contribution in [0.4, 0.5) is 9.18 Å². The molecule has 0 aliphatic heterocycles. The maximum atomic E-state index is 13.2. The van der Waals surface area contributed by atoms with Crippen LogP contribution in [0.15, 0.2) is 42.5 Å². The summed E-state index contributed by atoms with van der Waals surface area (Å²) in [6.07, 6.45) is 0. The van der Waals surface area contributed by atoms with Crippen molar-refractivity contribution in [2.75, 3.05) is 21.1 Å². The molecule has 7 nitrogen and oxygen atoms in total. The van der Waals surface area contributed by atoms with E-state index in [1.807, 2.05) is 17.7 Å². The second kappa shape index (κ2) is 8.30. The Morgan fingerprint density at radius 3 is 2.59 bits per heavy atom. The molecule has 29 heavy (non-hydrogen) atoms. The highest BCUT2D eigenvalue weighted by Gasteiger charge is 2.16. The first-order valence-corrected chi connectivity index (χ1v) is 9.16. The highest BCUT2D eigenvalue weighted by molar-refractivity contribution is 5.97. The lowest BCUT2D eigenvalue weighted by atomic mass is 10.2. The van der Waals surface area contributed by atoms with Gasteiger partial charge in [0.25, 0.3) is 5.91 Å². The van der Waals surface area contributed by atoms with Crippen molar-refractivity contribution in [2.45, 2.75) is 13.1 Å². The predicted molar refractivity (Wildman–Crippen MR) is 109 cm³/mol. The Labute approximate surface area is 168 Å². The van der Waals surface area contributed by atoms with Gasteiger partial charge in [0.05, 0.1) is 17.6 Å². The fourth-order valence-electron chi connectivity index (χ4n) is 3.03. The molecule has 0 bridgehead atoms. The van der Waals surface area contributed by atoms with E-state index < -0.39 is 0 Å². The topological polar surface area (TPSA) is 70.5 Å². The van der Waals surface area contributed by atoms with Crippen LogP contribution in [0.25, 0.3) is 11.0 Å². The molecule has 0 saturated carbocycles. The largest absolute Gasteiger partial charge is 0.345 e. The Hall–Kier alpha value is -3.42. The van der Waals surface area contributed by atoms with Gasteiger partial charge in [0, 0.05) is 40.3 Å². The van der Waals surface area contributed by atoms with Crippen molar-refractivity contribution in [3.8, 4) is 0 Å². The molecular weight excluding hydrogens is 373 g/mol. The third kappa shape index (κ3) is 4.53. The third-order valence-corrected chi connectivity index (χ3v) is 4.68. The number of nitrogens with zero attached hydrogens (tertiary/aromatic N) is 4. The standard InChI is InChI=1S/C21H24FN5O2/c1-25(2)20(28)15-8-9-18-17(11-15)24-19(27(18)4)13-26(3)21(29)23-12-14-6-5-7-16(22)10-14/h5-11H,12-13H2,1-4H3,(H,23,29). The van der Waals surface area contributed by atoms with Crippen LogP contribution in [-0.2, 0) is 20.1 Å². The van der Waals surface area contributed by atoms with E-state index in [4.69, 9.17) is 0 Å². The maximum absolute atomic E-state index is 13.2. The van der Waals surface area contributed by atoms with Crippen molar-refractivity contribution in [2.24, 2.45) is 7.05 Å². The van der Waals surface area contributed by atoms with Crippen LogP contribution < -0.4 is 5.32 Å². The molecule has 0 aliphatic carbocycles. The molecule has 1 N–H and O–H groups in total. The van der Waals surface area contributed by atoms with E-state index >= 15 is 0 Å². The summed E-state index contributed by atoms with van der Waals surface area (Å²) in [6, 6.07) is 11.2. The van der Waals surface area contributed by atoms with Crippen molar-refractivity contribution in [3.63, 3.8) is 0 Å². The maximum Gasteiger partial charge on any atom is 0.317 e. The van der Waals surface area contributed by atoms with Crippen LogP contribution in [0.2, 0.25) is 0 Å². The number of imidazole rings is 1. The zero-order valence-corrected chi connectivity index (χ0v) is 16.9. The lowest BCUT2D eigenvalue weighted by molar-refractivity contribution is 0.0827. The van der Waals surface area contributed by atoms with Gasteiger partial charge < -0.3 is 19.7 Å². The molecule has 3 aromatic rings. The van der Waals surface area contributed by atoms with E-state index in [1.165, 1.54) is 21.9 Å². The highest BCUT2D eigenvalue weighted by Crippen LogP contribution is 2.18. The van der Waals surface area contributed by atoms with Crippen molar-refractivity contribution in [1.29, 1.82) is 0 Å². The lowest BCUT2D eigenvalue weighted by Gasteiger charge is -2.17. The number of halogens is 1. The number of aryl methyl sites for hydroxylation is 1. The number of hydrogen-bond donors (Lipinski definition) is 1. The molecule has 0 spiro atoms. The van der Waals surface area contributed by atoms with Crippen molar-refractivity contribution in [3.05, 3.63) is 65.2 Å². The summed E-state index contributed by atoms with van der Waals surface area (Å²) in [5.41, 5.74) is 2.83. The number of benzene rings is 2. The second-order valence-electron chi connectivity index (χ2n) is 7.13. The summed E-state index contributed by atoms with van der Waals surface area (Å²) in [5, 5.41) is 2.77. The molecular formula is C21H24FN5O2. The Morgan fingerprint density at radius 1 is 1.14 bits per heavy atom. The van der Waals surface area contributed by atoms with Gasteiger partial charge >= 0.3 is 6.03 Å². The van der Waals surface area contributed by atoms with Crippen molar-refractivity contribution >= 4 is 23.0 Å². The molecule has 8 heteroatoms. The molecule has 152 valence electrons. The molecule has 0 radical (unpaired) electrons. The average molecular weight is 397 g/mol. The van der Waals surface area contributed by atoms with Gasteiger partial charge in [-0.1, -0.05) is 12.1 Å². The molecule has 0 saturated heterocycles. The van der Waals surface area contributed by atoms with Gasteiger partial charge in [-0.05, 0) is 35.9 Å². The SMILES string of the molecule is CN(C)C(=O)c1ccc2c(c1)nc(CN(C)C(=O)NCc1cccc(F)c1)n2C. The zero-order valence-electron chi connectivity index (χ0n) is 16.9. The number of nitrogens with one attached hydrogen (secondary N) is 1. The van der Waals surface area contributed by atoms with E-state index in [1.54, 1.807) is 45.4 Å². The summed E-state index contributed by atoms with van der Waals surface area (Å²) in [5.74, 6) is 0.266. The molecule has 3 amide bonds. The van der Waals surface area contributed by atoms with Crippen LogP contribution in [-0.4, -0.2) is 52.4 Å². The van der Waals surface area contributed by atoms with Crippen molar-refractivity contribution < 1.29 is 14.0 Å². The monoisotopic (exact) mass is 397 g/mol. The van der Waals surface area contributed by atoms with Gasteiger partial charge in [0.1, 0.15) is 11.6 Å². The lowest BCUT2D eigenvalue weighted by Crippen LogP contribution is -2.37. The van der Waals surface area contributed by atoms with Crippen LogP contribution in [0, 0.1) is 5.82 Å². The van der Waals surface area contributed by atoms with Gasteiger partial charge in [-0.3, -0.25) is 4.79 Å². The third-order valence-electron chi connectivity index (χ3n) is 4.68. The summed E-state index contributed by atoms with van der Waals surface area (Å²) < 4.78 is 15.1. The Bertz CT molecular complexity index is 1060. The predicted octanol–water partition coefficient (Wildman–Crippen LogP) is 2.76. The number of hydrogen-bond acceptors (Lipinski definition) is 3. The number of fused-ring (bicyclic) bond motifs is 1. The van der Waals surface area contributed by atoms with E-state index in [2.05, 4.69) is 10.3 Å². The first kappa shape index (κ1) is 20.3. The molecule has 2 aromatic carbocycles. The van der Waals surface area contributed by atoms with E-state index in [-0.39, 0.29) is 30.8 Å². The van der Waals surface area contributed by atoms with Crippen LogP contribution in [0.1, 0.15) is 21.7 Å². The van der Waals surface area contributed by atoms with E-state index in [9.17, 15) is 14.0 Å². The van der Waals surface area contributed by atoms with Crippen LogP contribution in [0.5, 0.6) is 0 Å². The fraction of sp³-hybridized carbons (Fsp3) is 0.286. The van der Waals surface area contributed by atoms with E-state index in [0.29, 0.717) is 22.5 Å². The molecule has 3 rings (SSSR count). The smallest absolute Gasteiger partial charge is 0.317 e. The molecule has 0 aliphatic rings. The van der Waals surface area contributed by atoms with Gasteiger partial charge in [-0.15, -0.1) is 0 Å². The van der Waals surface area contributed by atoms with Crippen LogP contribution >= 0.6 is 0 Å². The first-order chi connectivity index (χ1) is 13.8. The van der Waals surface area contributed by atoms with Gasteiger partial charge in [0.2, 0.25) is 0 Å². The summed E-state index contributed by atoms with van der Waals surface area (Å²) >= 11 is 0. The van der Waals surface area contributed by atoms with Crippen LogP contribution in [0.3, 0.4) is 0 Å². The number of carbonyl (C=O) groups is 2. The Morgan fingerprint density at radius 2 is 1.90 bits per heavy atom. The quantitative estimate of drug-likeness (QED) is 0.720. The summed E-state index contributed by atoms with van der Waals surface area (Å²) in [4.78, 5) is 32.2. The average Bonchev–Trinajstić information content (AvgIpc) is 3.00. The summed E-state index contributed by atoms with van der Waals surface area (Å²) in [7, 11) is 6.94. The minimum absolute atomic E-state index is 0.0899. The first-order valence-electron chi connectivity index (χ1n) is 9.16. The Balaban J connectivity index is 1.70. The number of amides is 3. The highest BCUT2D eigenvalue weighted by atomic mass is 19.1. The number of aromatic nitrogens is 2. The number of rotatable bonds is 5. The molecule has 0 atom stereocenters. The number of carbonyl (C=O) groups excluding carboxylic acids is 2. The summed E-state index contributed by atoms with van der Waals surface area (Å²) in [6.45, 7) is 0.524. The fourth-order valence-corrected chi connectivity index (χ4v) is 3.03. The molecule has 0 unspecified atom stereocenters. The minimum Gasteiger partial charge on any atom is -0.345 e. The molecule has 0 fully saturated rings. The zero-order chi connectivity index (χ0) is 21.1. The normalized spacial score (nSPS) is 10.8. The number of urea groups is 1. The van der Waals surface area contributed by atoms with E-state index in [0.717, 1.165) is 5.52 Å². The minimum atomic E-state index is -0.336. The molecule has 1 aromatic heterocycles. The Kier molecular flexibility index (Phi) is 5.81.